The zero-order chi connectivity index (χ0) is 13.7. The van der Waals surface area contributed by atoms with Crippen molar-refractivity contribution in [3.8, 4) is 17.2 Å². The molecule has 1 aromatic rings. The van der Waals surface area contributed by atoms with Crippen LogP contribution in [0.5, 0.6) is 17.2 Å². The maximum atomic E-state index is 10.4. The highest BCUT2D eigenvalue weighted by atomic mass is 16.6. The summed E-state index contributed by atoms with van der Waals surface area (Å²) in [5.41, 5.74) is 1.30. The van der Waals surface area contributed by atoms with Crippen LogP contribution in [0.15, 0.2) is 12.3 Å². The summed E-state index contributed by atoms with van der Waals surface area (Å²) < 4.78 is 15.6. The van der Waals surface area contributed by atoms with Crippen molar-refractivity contribution in [2.75, 3.05) is 21.3 Å². The lowest BCUT2D eigenvalue weighted by molar-refractivity contribution is -0.400. The number of methoxy groups -OCH3 is 3. The SMILES string of the molecule is COc1cc(OC)c(OC)c(C)c1C=C[N+](=O)[O-]. The van der Waals surface area contributed by atoms with Gasteiger partial charge in [-0.2, -0.15) is 0 Å². The first kappa shape index (κ1) is 13.8. The lowest BCUT2D eigenvalue weighted by atomic mass is 10.1. The van der Waals surface area contributed by atoms with E-state index in [1.54, 1.807) is 13.0 Å². The number of nitrogens with zero attached hydrogens (tertiary/aromatic N) is 1. The Labute approximate surface area is 105 Å². The third kappa shape index (κ3) is 2.71. The lowest BCUT2D eigenvalue weighted by Crippen LogP contribution is -1.98. The van der Waals surface area contributed by atoms with Crippen LogP contribution in [-0.2, 0) is 0 Å². The summed E-state index contributed by atoms with van der Waals surface area (Å²) in [6, 6.07) is 1.63. The summed E-state index contributed by atoms with van der Waals surface area (Å²) in [7, 11) is 4.52. The molecule has 0 fully saturated rings. The fourth-order valence-corrected chi connectivity index (χ4v) is 1.67. The van der Waals surface area contributed by atoms with Gasteiger partial charge in [0.15, 0.2) is 11.5 Å². The van der Waals surface area contributed by atoms with Crippen LogP contribution >= 0.6 is 0 Å². The molecule has 0 aliphatic carbocycles. The molecule has 0 aliphatic heterocycles. The average Bonchev–Trinajstić information content (AvgIpc) is 2.35. The average molecular weight is 253 g/mol. The van der Waals surface area contributed by atoms with Crippen molar-refractivity contribution in [2.24, 2.45) is 0 Å². The first-order valence-corrected chi connectivity index (χ1v) is 5.16. The van der Waals surface area contributed by atoms with E-state index in [0.717, 1.165) is 6.20 Å². The lowest BCUT2D eigenvalue weighted by Gasteiger charge is -2.15. The summed E-state index contributed by atoms with van der Waals surface area (Å²) in [5, 5.41) is 10.4. The molecule has 98 valence electrons. The van der Waals surface area contributed by atoms with E-state index in [2.05, 4.69) is 0 Å². The summed E-state index contributed by atoms with van der Waals surface area (Å²) in [6.07, 6.45) is 2.23. The van der Waals surface area contributed by atoms with Crippen LogP contribution in [0.25, 0.3) is 6.08 Å². The van der Waals surface area contributed by atoms with Crippen LogP contribution in [0.4, 0.5) is 0 Å². The Bertz CT molecular complexity index is 482. The molecule has 0 N–H and O–H groups in total. The molecule has 1 rings (SSSR count). The minimum Gasteiger partial charge on any atom is -0.496 e. The first-order valence-electron chi connectivity index (χ1n) is 5.16. The van der Waals surface area contributed by atoms with Crippen molar-refractivity contribution < 1.29 is 19.1 Å². The minimum atomic E-state index is -0.532. The van der Waals surface area contributed by atoms with Crippen molar-refractivity contribution in [3.63, 3.8) is 0 Å². The van der Waals surface area contributed by atoms with E-state index in [4.69, 9.17) is 14.2 Å². The molecule has 0 saturated heterocycles. The van der Waals surface area contributed by atoms with E-state index in [1.165, 1.54) is 27.4 Å². The Hall–Kier alpha value is -2.24. The number of rotatable bonds is 5. The number of hydrogen-bond acceptors (Lipinski definition) is 5. The van der Waals surface area contributed by atoms with Crippen molar-refractivity contribution in [2.45, 2.75) is 6.92 Å². The Morgan fingerprint density at radius 3 is 2.22 bits per heavy atom. The van der Waals surface area contributed by atoms with Crippen LogP contribution in [0.1, 0.15) is 11.1 Å². The topological polar surface area (TPSA) is 70.8 Å². The molecule has 0 radical (unpaired) electrons. The van der Waals surface area contributed by atoms with Crippen molar-refractivity contribution in [1.82, 2.24) is 0 Å². The third-order valence-corrected chi connectivity index (χ3v) is 2.50. The van der Waals surface area contributed by atoms with Gasteiger partial charge in [-0.15, -0.1) is 0 Å². The molecule has 0 aliphatic rings. The van der Waals surface area contributed by atoms with Gasteiger partial charge in [0.05, 0.1) is 26.3 Å². The van der Waals surface area contributed by atoms with Crippen LogP contribution in [0.3, 0.4) is 0 Å². The Morgan fingerprint density at radius 2 is 1.78 bits per heavy atom. The summed E-state index contributed by atoms with van der Waals surface area (Å²) in [6.45, 7) is 1.78. The molecule has 1 aromatic carbocycles. The van der Waals surface area contributed by atoms with Crippen LogP contribution in [-0.4, -0.2) is 26.3 Å². The van der Waals surface area contributed by atoms with E-state index < -0.39 is 4.92 Å². The van der Waals surface area contributed by atoms with Gasteiger partial charge < -0.3 is 14.2 Å². The van der Waals surface area contributed by atoms with Gasteiger partial charge in [-0.05, 0) is 6.92 Å². The number of nitro groups is 1. The van der Waals surface area contributed by atoms with E-state index >= 15 is 0 Å². The molecular weight excluding hydrogens is 238 g/mol. The van der Waals surface area contributed by atoms with Gasteiger partial charge in [0.25, 0.3) is 0 Å². The van der Waals surface area contributed by atoms with Crippen LogP contribution < -0.4 is 14.2 Å². The normalized spacial score (nSPS) is 10.4. The maximum Gasteiger partial charge on any atom is 0.235 e. The van der Waals surface area contributed by atoms with E-state index in [-0.39, 0.29) is 0 Å². The highest BCUT2D eigenvalue weighted by molar-refractivity contribution is 5.68. The molecule has 18 heavy (non-hydrogen) atoms. The van der Waals surface area contributed by atoms with Crippen molar-refractivity contribution >= 4 is 6.08 Å². The molecule has 6 nitrogen and oxygen atoms in total. The van der Waals surface area contributed by atoms with Gasteiger partial charge >= 0.3 is 0 Å². The highest BCUT2D eigenvalue weighted by Crippen LogP contribution is 2.39. The highest BCUT2D eigenvalue weighted by Gasteiger charge is 2.16. The van der Waals surface area contributed by atoms with Crippen molar-refractivity contribution in [3.05, 3.63) is 33.5 Å². The third-order valence-electron chi connectivity index (χ3n) is 2.50. The molecule has 0 atom stereocenters. The predicted octanol–water partition coefficient (Wildman–Crippen LogP) is 2.27. The van der Waals surface area contributed by atoms with Gasteiger partial charge in [0.1, 0.15) is 5.75 Å². The molecule has 0 bridgehead atoms. The fourth-order valence-electron chi connectivity index (χ4n) is 1.67. The standard InChI is InChI=1S/C12H15NO5/c1-8-9(5-6-13(14)15)10(16-2)7-11(17-3)12(8)18-4/h5-7H,1-4H3. The monoisotopic (exact) mass is 253 g/mol. The summed E-state index contributed by atoms with van der Waals surface area (Å²) in [4.78, 5) is 9.85. The summed E-state index contributed by atoms with van der Waals surface area (Å²) >= 11 is 0. The molecule has 0 spiro atoms. The van der Waals surface area contributed by atoms with Gasteiger partial charge in [-0.1, -0.05) is 0 Å². The smallest absolute Gasteiger partial charge is 0.235 e. The molecule has 0 saturated carbocycles. The molecule has 0 heterocycles. The quantitative estimate of drug-likeness (QED) is 0.594. The number of ether oxygens (including phenoxy) is 3. The van der Waals surface area contributed by atoms with Crippen LogP contribution in [0.2, 0.25) is 0 Å². The van der Waals surface area contributed by atoms with Gasteiger partial charge in [0, 0.05) is 23.3 Å². The largest absolute Gasteiger partial charge is 0.496 e. The zero-order valence-electron chi connectivity index (χ0n) is 10.7. The molecule has 6 heteroatoms. The van der Waals surface area contributed by atoms with Crippen molar-refractivity contribution in [1.29, 1.82) is 0 Å². The van der Waals surface area contributed by atoms with E-state index in [9.17, 15) is 10.1 Å². The molecule has 0 unspecified atom stereocenters. The Balaban J connectivity index is 3.43. The molecule has 0 amide bonds. The molecule has 0 aromatic heterocycles. The number of hydrogen-bond donors (Lipinski definition) is 0. The van der Waals surface area contributed by atoms with Gasteiger partial charge in [-0.25, -0.2) is 0 Å². The maximum absolute atomic E-state index is 10.4. The van der Waals surface area contributed by atoms with Crippen LogP contribution in [0, 0.1) is 17.0 Å². The number of benzene rings is 1. The fraction of sp³-hybridized carbons (Fsp3) is 0.333. The minimum absolute atomic E-state index is 0.489. The van der Waals surface area contributed by atoms with E-state index in [1.807, 2.05) is 0 Å². The second-order valence-corrected chi connectivity index (χ2v) is 3.45. The van der Waals surface area contributed by atoms with E-state index in [0.29, 0.717) is 28.4 Å². The summed E-state index contributed by atoms with van der Waals surface area (Å²) in [5.74, 6) is 1.54. The van der Waals surface area contributed by atoms with Gasteiger partial charge in [-0.3, -0.25) is 10.1 Å². The second kappa shape index (κ2) is 5.90. The Morgan fingerprint density at radius 1 is 1.17 bits per heavy atom. The zero-order valence-corrected chi connectivity index (χ0v) is 10.7. The van der Waals surface area contributed by atoms with Gasteiger partial charge in [0.2, 0.25) is 6.20 Å². The molecular formula is C12H15NO5. The second-order valence-electron chi connectivity index (χ2n) is 3.45. The Kier molecular flexibility index (Phi) is 4.53. The first-order chi connectivity index (χ1) is 8.54. The predicted molar refractivity (Wildman–Crippen MR) is 66.9 cm³/mol.